The SMILES string of the molecule is O=C(O)CC(Oc1ccc2c(c1)OCC(=O)N2CCCCNc1ncc[nH]1)c1ccccn1. The van der Waals surface area contributed by atoms with E-state index in [1.807, 2.05) is 0 Å². The molecule has 0 fully saturated rings. The zero-order chi connectivity index (χ0) is 23.0. The van der Waals surface area contributed by atoms with Crippen LogP contribution < -0.4 is 19.7 Å². The number of carbonyl (C=O) groups is 2. The molecule has 1 amide bonds. The standard InChI is InChI=1S/C23H25N5O5/c29-21-15-32-20-13-16(33-19(14-22(30)31)17-5-1-2-8-24-17)6-7-18(20)28(21)12-4-3-9-25-23-26-10-11-27-23/h1-2,5-8,10-11,13,19H,3-4,9,12,14-15H2,(H,30,31)(H2,25,26,27). The number of unbranched alkanes of at least 4 members (excludes halogenated alkanes) is 1. The number of H-pyrrole nitrogens is 1. The van der Waals surface area contributed by atoms with Crippen LogP contribution in [0, 0.1) is 0 Å². The van der Waals surface area contributed by atoms with Crippen LogP contribution in [0.1, 0.15) is 31.1 Å². The second-order valence-corrected chi connectivity index (χ2v) is 7.49. The molecule has 1 unspecified atom stereocenters. The van der Waals surface area contributed by atoms with E-state index >= 15 is 0 Å². The van der Waals surface area contributed by atoms with E-state index < -0.39 is 12.1 Å². The molecule has 2 aromatic heterocycles. The number of carboxylic acids is 1. The molecule has 0 aliphatic carbocycles. The number of anilines is 2. The molecule has 3 aromatic rings. The van der Waals surface area contributed by atoms with Gasteiger partial charge in [0, 0.05) is 37.7 Å². The number of fused-ring (bicyclic) bond motifs is 1. The van der Waals surface area contributed by atoms with Crippen molar-refractivity contribution in [3.8, 4) is 11.5 Å². The van der Waals surface area contributed by atoms with Crippen LogP contribution in [0.15, 0.2) is 55.0 Å². The summed E-state index contributed by atoms with van der Waals surface area (Å²) in [6.07, 6.45) is 5.72. The van der Waals surface area contributed by atoms with Gasteiger partial charge in [0.05, 0.1) is 17.8 Å². The van der Waals surface area contributed by atoms with Crippen LogP contribution in [0.4, 0.5) is 11.6 Å². The molecular formula is C23H25N5O5. The number of aliphatic carboxylic acids is 1. The summed E-state index contributed by atoms with van der Waals surface area (Å²) in [5.41, 5.74) is 1.20. The molecule has 1 aliphatic rings. The topological polar surface area (TPSA) is 130 Å². The van der Waals surface area contributed by atoms with E-state index in [-0.39, 0.29) is 18.9 Å². The van der Waals surface area contributed by atoms with Crippen LogP contribution in [-0.4, -0.2) is 51.6 Å². The van der Waals surface area contributed by atoms with Gasteiger partial charge >= 0.3 is 5.97 Å². The molecule has 0 bridgehead atoms. The third-order valence-electron chi connectivity index (χ3n) is 5.13. The lowest BCUT2D eigenvalue weighted by atomic mass is 10.1. The maximum Gasteiger partial charge on any atom is 0.307 e. The Hall–Kier alpha value is -4.08. The van der Waals surface area contributed by atoms with Crippen molar-refractivity contribution in [3.05, 3.63) is 60.7 Å². The highest BCUT2D eigenvalue weighted by Gasteiger charge is 2.26. The number of hydrogen-bond donors (Lipinski definition) is 3. The summed E-state index contributed by atoms with van der Waals surface area (Å²) in [5, 5.41) is 12.5. The van der Waals surface area contributed by atoms with Gasteiger partial charge in [-0.05, 0) is 37.1 Å². The fraction of sp³-hybridized carbons (Fsp3) is 0.304. The second kappa shape index (κ2) is 10.5. The quantitative estimate of drug-likeness (QED) is 0.379. The van der Waals surface area contributed by atoms with Crippen LogP contribution in [0.25, 0.3) is 0 Å². The molecule has 0 radical (unpaired) electrons. The zero-order valence-electron chi connectivity index (χ0n) is 17.9. The number of aromatic nitrogens is 3. The number of carboxylic acid groups (broad SMARTS) is 1. The number of ether oxygens (including phenoxy) is 2. The van der Waals surface area contributed by atoms with Crippen molar-refractivity contribution in [2.24, 2.45) is 0 Å². The van der Waals surface area contributed by atoms with Gasteiger partial charge in [0.1, 0.15) is 11.5 Å². The zero-order valence-corrected chi connectivity index (χ0v) is 17.9. The Bertz CT molecular complexity index is 1070. The fourth-order valence-corrected chi connectivity index (χ4v) is 3.56. The molecule has 3 heterocycles. The lowest BCUT2D eigenvalue weighted by Crippen LogP contribution is -2.39. The molecule has 172 valence electrons. The van der Waals surface area contributed by atoms with Crippen molar-refractivity contribution in [1.29, 1.82) is 0 Å². The Morgan fingerprint density at radius 3 is 2.91 bits per heavy atom. The molecule has 3 N–H and O–H groups in total. The first-order valence-corrected chi connectivity index (χ1v) is 10.7. The third kappa shape index (κ3) is 5.79. The Kier molecular flexibility index (Phi) is 7.03. The smallest absolute Gasteiger partial charge is 0.307 e. The van der Waals surface area contributed by atoms with Gasteiger partial charge in [-0.15, -0.1) is 0 Å². The predicted octanol–water partition coefficient (Wildman–Crippen LogP) is 3.02. The molecule has 10 nitrogen and oxygen atoms in total. The van der Waals surface area contributed by atoms with Gasteiger partial charge < -0.3 is 29.8 Å². The molecule has 1 aliphatic heterocycles. The van der Waals surface area contributed by atoms with E-state index in [2.05, 4.69) is 20.3 Å². The Balaban J connectivity index is 1.40. The van der Waals surface area contributed by atoms with Crippen LogP contribution in [0.3, 0.4) is 0 Å². The number of hydrogen-bond acceptors (Lipinski definition) is 7. The van der Waals surface area contributed by atoms with E-state index in [1.165, 1.54) is 0 Å². The summed E-state index contributed by atoms with van der Waals surface area (Å²) < 4.78 is 11.6. The normalized spacial score (nSPS) is 13.7. The first-order chi connectivity index (χ1) is 16.1. The number of rotatable bonds is 11. The van der Waals surface area contributed by atoms with E-state index in [0.717, 1.165) is 25.3 Å². The van der Waals surface area contributed by atoms with E-state index in [9.17, 15) is 14.7 Å². The van der Waals surface area contributed by atoms with Gasteiger partial charge in [0.15, 0.2) is 18.7 Å². The third-order valence-corrected chi connectivity index (χ3v) is 5.13. The number of nitrogens with one attached hydrogen (secondary N) is 2. The van der Waals surface area contributed by atoms with Gasteiger partial charge in [-0.2, -0.15) is 0 Å². The maximum absolute atomic E-state index is 12.4. The van der Waals surface area contributed by atoms with Gasteiger partial charge in [-0.25, -0.2) is 4.98 Å². The fourth-order valence-electron chi connectivity index (χ4n) is 3.56. The molecule has 0 saturated carbocycles. The minimum Gasteiger partial charge on any atom is -0.483 e. The minimum atomic E-state index is -0.988. The summed E-state index contributed by atoms with van der Waals surface area (Å²) in [5.74, 6) is 0.603. The Morgan fingerprint density at radius 1 is 1.24 bits per heavy atom. The van der Waals surface area contributed by atoms with E-state index in [0.29, 0.717) is 29.4 Å². The van der Waals surface area contributed by atoms with E-state index in [1.54, 1.807) is 59.9 Å². The van der Waals surface area contributed by atoms with Crippen molar-refractivity contribution in [3.63, 3.8) is 0 Å². The molecule has 0 spiro atoms. The molecular weight excluding hydrogens is 426 g/mol. The summed E-state index contributed by atoms with van der Waals surface area (Å²) in [6, 6.07) is 10.4. The average molecular weight is 451 g/mol. The monoisotopic (exact) mass is 451 g/mol. The first kappa shape index (κ1) is 22.1. The Morgan fingerprint density at radius 2 is 2.15 bits per heavy atom. The number of benzene rings is 1. The van der Waals surface area contributed by atoms with Crippen molar-refractivity contribution >= 4 is 23.5 Å². The maximum atomic E-state index is 12.4. The van der Waals surface area contributed by atoms with Gasteiger partial charge in [0.2, 0.25) is 0 Å². The lowest BCUT2D eigenvalue weighted by molar-refractivity contribution is -0.139. The minimum absolute atomic E-state index is 0.0557. The lowest BCUT2D eigenvalue weighted by Gasteiger charge is -2.30. The van der Waals surface area contributed by atoms with Crippen molar-refractivity contribution in [1.82, 2.24) is 15.0 Å². The van der Waals surface area contributed by atoms with Crippen LogP contribution in [-0.2, 0) is 9.59 Å². The van der Waals surface area contributed by atoms with Gasteiger partial charge in [-0.3, -0.25) is 14.6 Å². The van der Waals surface area contributed by atoms with E-state index in [4.69, 9.17) is 9.47 Å². The molecule has 4 rings (SSSR count). The molecule has 33 heavy (non-hydrogen) atoms. The predicted molar refractivity (Wildman–Crippen MR) is 120 cm³/mol. The average Bonchev–Trinajstić information content (AvgIpc) is 3.33. The number of pyridine rings is 1. The molecule has 1 aromatic carbocycles. The van der Waals surface area contributed by atoms with Gasteiger partial charge in [-0.1, -0.05) is 6.07 Å². The highest BCUT2D eigenvalue weighted by Crippen LogP contribution is 2.37. The molecule has 1 atom stereocenters. The summed E-state index contributed by atoms with van der Waals surface area (Å²) >= 11 is 0. The van der Waals surface area contributed by atoms with Crippen molar-refractivity contribution in [2.45, 2.75) is 25.4 Å². The van der Waals surface area contributed by atoms with Crippen molar-refractivity contribution in [2.75, 3.05) is 29.9 Å². The first-order valence-electron chi connectivity index (χ1n) is 10.7. The number of amides is 1. The van der Waals surface area contributed by atoms with Crippen LogP contribution in [0.2, 0.25) is 0 Å². The number of imidazole rings is 1. The molecule has 10 heteroatoms. The number of nitrogens with zero attached hydrogens (tertiary/aromatic N) is 3. The Labute approximate surface area is 190 Å². The van der Waals surface area contributed by atoms with Crippen LogP contribution >= 0.6 is 0 Å². The van der Waals surface area contributed by atoms with Gasteiger partial charge in [0.25, 0.3) is 5.91 Å². The van der Waals surface area contributed by atoms with Crippen LogP contribution in [0.5, 0.6) is 11.5 Å². The summed E-state index contributed by atoms with van der Waals surface area (Å²) in [6.45, 7) is 1.24. The highest BCUT2D eigenvalue weighted by atomic mass is 16.5. The molecule has 0 saturated heterocycles. The summed E-state index contributed by atoms with van der Waals surface area (Å²) in [7, 11) is 0. The summed E-state index contributed by atoms with van der Waals surface area (Å²) in [4.78, 5) is 36.8. The highest BCUT2D eigenvalue weighted by molar-refractivity contribution is 5.97. The number of carbonyl (C=O) groups excluding carboxylic acids is 1. The number of aromatic amines is 1. The second-order valence-electron chi connectivity index (χ2n) is 7.49. The largest absolute Gasteiger partial charge is 0.483 e. The van der Waals surface area contributed by atoms with Crippen molar-refractivity contribution < 1.29 is 24.2 Å².